The van der Waals surface area contributed by atoms with Crippen molar-refractivity contribution in [3.05, 3.63) is 71.9 Å². The Hall–Kier alpha value is -4.12. The Kier molecular flexibility index (Phi) is 8.67. The number of allylic oxidation sites excluding steroid dienone is 2. The van der Waals surface area contributed by atoms with Crippen LogP contribution in [0.2, 0.25) is 0 Å². The first-order valence-electron chi connectivity index (χ1n) is 13.9. The third-order valence-corrected chi connectivity index (χ3v) is 7.57. The van der Waals surface area contributed by atoms with Crippen LogP contribution in [-0.2, 0) is 4.79 Å². The summed E-state index contributed by atoms with van der Waals surface area (Å²) in [6.07, 6.45) is -0.631. The first-order chi connectivity index (χ1) is 20.0. The van der Waals surface area contributed by atoms with Crippen LogP contribution in [0.15, 0.2) is 60.7 Å². The van der Waals surface area contributed by atoms with Crippen molar-refractivity contribution in [1.29, 1.82) is 0 Å². The van der Waals surface area contributed by atoms with Crippen molar-refractivity contribution < 1.29 is 32.5 Å². The molecule has 2 aliphatic rings. The number of halogens is 3. The summed E-state index contributed by atoms with van der Waals surface area (Å²) in [5, 5.41) is 9.06. The minimum absolute atomic E-state index is 0.0828. The molecule has 11 heteroatoms. The van der Waals surface area contributed by atoms with Gasteiger partial charge < -0.3 is 26.0 Å². The summed E-state index contributed by atoms with van der Waals surface area (Å²) >= 11 is 0. The second-order valence-corrected chi connectivity index (χ2v) is 10.9. The molecule has 1 unspecified atom stereocenters. The third kappa shape index (κ3) is 7.58. The Balaban J connectivity index is 1.31. The molecule has 1 fully saturated rings. The number of ether oxygens (including phenoxy) is 2. The number of carboxylic acid groups (broad SMARTS) is 1. The highest BCUT2D eigenvalue weighted by molar-refractivity contribution is 5.73. The molecule has 1 heterocycles. The molecule has 0 amide bonds. The predicted octanol–water partition coefficient (Wildman–Crippen LogP) is 6.18. The topological polar surface area (TPSA) is 134 Å². The Morgan fingerprint density at radius 1 is 1.02 bits per heavy atom. The average Bonchev–Trinajstić information content (AvgIpc) is 3.79. The first kappa shape index (κ1) is 29.4. The summed E-state index contributed by atoms with van der Waals surface area (Å²) in [5.41, 5.74) is 14.2. The molecule has 0 saturated heterocycles. The zero-order valence-corrected chi connectivity index (χ0v) is 22.9. The van der Waals surface area contributed by atoms with E-state index in [9.17, 15) is 18.0 Å². The van der Waals surface area contributed by atoms with Gasteiger partial charge >= 0.3 is 12.1 Å². The molecule has 0 bridgehead atoms. The molecular formula is C31H33F3N4O4. The lowest BCUT2D eigenvalue weighted by Gasteiger charge is -2.24. The SMILES string of the molecule is Nc1nc(O[C@H](c2ccc(-c3cccc(OCC4CC4)c3)cc2)C(F)(F)F)cc(C2=CCC(C[C@H](N)C(=O)O)CC2)n1. The van der Waals surface area contributed by atoms with Gasteiger partial charge in [0, 0.05) is 11.6 Å². The number of rotatable bonds is 11. The van der Waals surface area contributed by atoms with Crippen LogP contribution >= 0.6 is 0 Å². The normalized spacial score (nSPS) is 18.6. The minimum atomic E-state index is -4.72. The highest BCUT2D eigenvalue weighted by Gasteiger charge is 2.43. The fourth-order valence-corrected chi connectivity index (χ4v) is 5.02. The van der Waals surface area contributed by atoms with Gasteiger partial charge in [-0.1, -0.05) is 42.5 Å². The second-order valence-electron chi connectivity index (χ2n) is 10.9. The summed E-state index contributed by atoms with van der Waals surface area (Å²) < 4.78 is 53.9. The van der Waals surface area contributed by atoms with E-state index in [1.165, 1.54) is 31.0 Å². The Morgan fingerprint density at radius 2 is 1.79 bits per heavy atom. The molecule has 0 radical (unpaired) electrons. The minimum Gasteiger partial charge on any atom is -0.493 e. The summed E-state index contributed by atoms with van der Waals surface area (Å²) in [5.74, 6) is -0.129. The number of nitrogens with two attached hydrogens (primary N) is 2. The van der Waals surface area contributed by atoms with Crippen LogP contribution in [-0.4, -0.2) is 39.9 Å². The van der Waals surface area contributed by atoms with E-state index >= 15 is 0 Å². The molecule has 5 rings (SSSR count). The van der Waals surface area contributed by atoms with Gasteiger partial charge in [-0.25, -0.2) is 4.98 Å². The van der Waals surface area contributed by atoms with Gasteiger partial charge in [0.05, 0.1) is 12.3 Å². The molecule has 2 aromatic carbocycles. The van der Waals surface area contributed by atoms with Crippen molar-refractivity contribution in [2.45, 2.75) is 56.8 Å². The maximum Gasteiger partial charge on any atom is 0.429 e. The monoisotopic (exact) mass is 582 g/mol. The van der Waals surface area contributed by atoms with Crippen LogP contribution in [0.4, 0.5) is 19.1 Å². The van der Waals surface area contributed by atoms with Crippen LogP contribution in [0.25, 0.3) is 16.7 Å². The van der Waals surface area contributed by atoms with E-state index in [4.69, 9.17) is 26.0 Å². The fraction of sp³-hybridized carbons (Fsp3) is 0.387. The Morgan fingerprint density at radius 3 is 2.43 bits per heavy atom. The molecule has 42 heavy (non-hydrogen) atoms. The number of nitrogen functional groups attached to an aromatic ring is 1. The number of anilines is 1. The summed E-state index contributed by atoms with van der Waals surface area (Å²) in [6.45, 7) is 0.668. The van der Waals surface area contributed by atoms with Gasteiger partial charge in [0.15, 0.2) is 0 Å². The van der Waals surface area contributed by atoms with Crippen LogP contribution < -0.4 is 20.9 Å². The quantitative estimate of drug-likeness (QED) is 0.244. The van der Waals surface area contributed by atoms with E-state index in [0.717, 1.165) is 22.4 Å². The van der Waals surface area contributed by atoms with Crippen molar-refractivity contribution in [2.75, 3.05) is 12.3 Å². The van der Waals surface area contributed by atoms with Crippen molar-refractivity contribution in [2.24, 2.45) is 17.6 Å². The molecule has 2 aliphatic carbocycles. The lowest BCUT2D eigenvalue weighted by molar-refractivity contribution is -0.198. The molecule has 1 saturated carbocycles. The van der Waals surface area contributed by atoms with Crippen LogP contribution in [0.5, 0.6) is 11.6 Å². The second kappa shape index (κ2) is 12.4. The van der Waals surface area contributed by atoms with Gasteiger partial charge in [0.1, 0.15) is 11.8 Å². The van der Waals surface area contributed by atoms with Crippen molar-refractivity contribution in [1.82, 2.24) is 9.97 Å². The van der Waals surface area contributed by atoms with Gasteiger partial charge in [-0.05, 0) is 79.2 Å². The molecule has 3 atom stereocenters. The van der Waals surface area contributed by atoms with Crippen molar-refractivity contribution >= 4 is 17.5 Å². The van der Waals surface area contributed by atoms with Crippen LogP contribution in [0.1, 0.15) is 55.9 Å². The number of carbonyl (C=O) groups is 1. The molecule has 0 aliphatic heterocycles. The van der Waals surface area contributed by atoms with E-state index in [-0.39, 0.29) is 23.3 Å². The predicted molar refractivity (Wildman–Crippen MR) is 152 cm³/mol. The molecular weight excluding hydrogens is 549 g/mol. The van der Waals surface area contributed by atoms with E-state index in [1.807, 2.05) is 30.3 Å². The number of benzene rings is 2. The molecule has 3 aromatic rings. The lowest BCUT2D eigenvalue weighted by atomic mass is 9.84. The van der Waals surface area contributed by atoms with E-state index in [2.05, 4.69) is 9.97 Å². The number of aromatic nitrogens is 2. The van der Waals surface area contributed by atoms with Crippen LogP contribution in [0, 0.1) is 11.8 Å². The number of aliphatic carboxylic acids is 1. The summed E-state index contributed by atoms with van der Waals surface area (Å²) in [7, 11) is 0. The Bertz CT molecular complexity index is 1440. The maximum absolute atomic E-state index is 14.2. The molecule has 5 N–H and O–H groups in total. The Labute approximate surface area is 241 Å². The molecule has 1 aromatic heterocycles. The van der Waals surface area contributed by atoms with Gasteiger partial charge in [-0.3, -0.25) is 4.79 Å². The number of alkyl halides is 3. The van der Waals surface area contributed by atoms with Gasteiger partial charge in [-0.15, -0.1) is 0 Å². The van der Waals surface area contributed by atoms with E-state index in [0.29, 0.717) is 43.9 Å². The van der Waals surface area contributed by atoms with E-state index in [1.54, 1.807) is 12.1 Å². The summed E-state index contributed by atoms with van der Waals surface area (Å²) in [4.78, 5) is 19.2. The van der Waals surface area contributed by atoms with Gasteiger partial charge in [0.25, 0.3) is 0 Å². The molecule has 222 valence electrons. The first-order valence-corrected chi connectivity index (χ1v) is 13.9. The number of carboxylic acids is 1. The molecule has 0 spiro atoms. The van der Waals surface area contributed by atoms with Gasteiger partial charge in [0.2, 0.25) is 17.9 Å². The molecule has 8 nitrogen and oxygen atoms in total. The fourth-order valence-electron chi connectivity index (χ4n) is 5.02. The van der Waals surface area contributed by atoms with Crippen LogP contribution in [0.3, 0.4) is 0 Å². The zero-order valence-electron chi connectivity index (χ0n) is 22.9. The van der Waals surface area contributed by atoms with Crippen molar-refractivity contribution in [3.8, 4) is 22.8 Å². The number of hydrogen-bond donors (Lipinski definition) is 3. The average molecular weight is 583 g/mol. The lowest BCUT2D eigenvalue weighted by Crippen LogP contribution is -2.32. The number of nitrogens with zero attached hydrogens (tertiary/aromatic N) is 2. The standard InChI is InChI=1S/C31H33F3N4O4/c32-31(33,34)28(22-12-10-20(11-13-22)23-2-1-3-24(15-23)41-17-19-4-5-19)42-27-16-26(37-30(36)38-27)21-8-6-18(7-9-21)14-25(35)29(39)40/h1-3,8,10-13,15-16,18-19,25,28H,4-7,9,14,17,35H2,(H,39,40)(H2,36,37,38)/t18?,25-,28+/m0/s1. The van der Waals surface area contributed by atoms with E-state index < -0.39 is 24.3 Å². The summed E-state index contributed by atoms with van der Waals surface area (Å²) in [6, 6.07) is 13.9. The largest absolute Gasteiger partial charge is 0.493 e. The third-order valence-electron chi connectivity index (χ3n) is 7.57. The number of hydrogen-bond acceptors (Lipinski definition) is 7. The van der Waals surface area contributed by atoms with Crippen molar-refractivity contribution in [3.63, 3.8) is 0 Å². The maximum atomic E-state index is 14.2. The smallest absolute Gasteiger partial charge is 0.429 e. The highest BCUT2D eigenvalue weighted by atomic mass is 19.4. The zero-order chi connectivity index (χ0) is 29.9. The highest BCUT2D eigenvalue weighted by Crippen LogP contribution is 2.39. The van der Waals surface area contributed by atoms with Gasteiger partial charge in [-0.2, -0.15) is 18.2 Å².